The van der Waals surface area contributed by atoms with Crippen molar-refractivity contribution in [2.45, 2.75) is 39.2 Å². The molecule has 27 heavy (non-hydrogen) atoms. The van der Waals surface area contributed by atoms with Gasteiger partial charge >= 0.3 is 5.69 Å². The van der Waals surface area contributed by atoms with Gasteiger partial charge in [-0.1, -0.05) is 19.1 Å². The molecule has 1 aromatic heterocycles. The molecular weight excluding hydrogens is 344 g/mol. The molecule has 0 bridgehead atoms. The molecule has 2 aliphatic heterocycles. The van der Waals surface area contributed by atoms with E-state index in [9.17, 15) is 14.4 Å². The second-order valence-electron chi connectivity index (χ2n) is 7.74. The molecule has 1 N–H and O–H groups in total. The summed E-state index contributed by atoms with van der Waals surface area (Å²) in [5.74, 6) is 0.235. The summed E-state index contributed by atoms with van der Waals surface area (Å²) in [5, 5.41) is 0. The number of nitrogens with one attached hydrogen (secondary N) is 1. The molecule has 3 heterocycles. The SMILES string of the molecule is CCCN1CCC2(CCN(C(=O)CCn3c(=O)[nH]c4ccccc43)C2)C1=O. The number of nitrogens with zero attached hydrogens (tertiary/aromatic N) is 3. The number of benzene rings is 1. The molecule has 2 saturated heterocycles. The van der Waals surface area contributed by atoms with Crippen molar-refractivity contribution in [3.8, 4) is 0 Å². The number of H-pyrrole nitrogens is 1. The molecule has 2 aliphatic rings. The van der Waals surface area contributed by atoms with Gasteiger partial charge in [0, 0.05) is 39.1 Å². The summed E-state index contributed by atoms with van der Waals surface area (Å²) in [6.45, 7) is 5.19. The number of hydrogen-bond acceptors (Lipinski definition) is 3. The number of likely N-dealkylation sites (tertiary alicyclic amines) is 2. The fourth-order valence-electron chi connectivity index (χ4n) is 4.53. The molecule has 1 unspecified atom stereocenters. The molecule has 144 valence electrons. The highest BCUT2D eigenvalue weighted by molar-refractivity contribution is 5.87. The molecule has 1 aromatic carbocycles. The number of para-hydroxylation sites is 2. The van der Waals surface area contributed by atoms with Gasteiger partial charge in [0.25, 0.3) is 0 Å². The number of rotatable bonds is 5. The first-order valence-electron chi connectivity index (χ1n) is 9.79. The molecule has 7 heteroatoms. The van der Waals surface area contributed by atoms with E-state index >= 15 is 0 Å². The van der Waals surface area contributed by atoms with Crippen LogP contribution >= 0.6 is 0 Å². The van der Waals surface area contributed by atoms with Crippen LogP contribution in [0.5, 0.6) is 0 Å². The largest absolute Gasteiger partial charge is 0.342 e. The van der Waals surface area contributed by atoms with Crippen molar-refractivity contribution in [2.75, 3.05) is 26.2 Å². The van der Waals surface area contributed by atoms with Crippen LogP contribution in [0.1, 0.15) is 32.6 Å². The van der Waals surface area contributed by atoms with Crippen molar-refractivity contribution in [3.05, 3.63) is 34.7 Å². The van der Waals surface area contributed by atoms with Gasteiger partial charge in [0.2, 0.25) is 11.8 Å². The number of imidazole rings is 1. The van der Waals surface area contributed by atoms with Crippen LogP contribution in [0, 0.1) is 5.41 Å². The van der Waals surface area contributed by atoms with Crippen molar-refractivity contribution in [2.24, 2.45) is 5.41 Å². The van der Waals surface area contributed by atoms with E-state index in [2.05, 4.69) is 11.9 Å². The fraction of sp³-hybridized carbons (Fsp3) is 0.550. The summed E-state index contributed by atoms with van der Waals surface area (Å²) in [6.07, 6.45) is 2.83. The van der Waals surface area contributed by atoms with Gasteiger partial charge in [-0.3, -0.25) is 14.2 Å². The molecule has 0 aliphatic carbocycles. The number of carbonyl (C=O) groups is 2. The molecule has 0 radical (unpaired) electrons. The van der Waals surface area contributed by atoms with Crippen LogP contribution < -0.4 is 5.69 Å². The lowest BCUT2D eigenvalue weighted by atomic mass is 9.85. The van der Waals surface area contributed by atoms with E-state index in [0.29, 0.717) is 19.6 Å². The molecule has 7 nitrogen and oxygen atoms in total. The van der Waals surface area contributed by atoms with E-state index in [-0.39, 0.29) is 29.3 Å². The molecule has 4 rings (SSSR count). The van der Waals surface area contributed by atoms with E-state index in [1.807, 2.05) is 34.1 Å². The van der Waals surface area contributed by atoms with Crippen molar-refractivity contribution in [1.29, 1.82) is 0 Å². The summed E-state index contributed by atoms with van der Waals surface area (Å²) in [7, 11) is 0. The Morgan fingerprint density at radius 2 is 1.93 bits per heavy atom. The number of fused-ring (bicyclic) bond motifs is 1. The Morgan fingerprint density at radius 3 is 2.74 bits per heavy atom. The lowest BCUT2D eigenvalue weighted by Gasteiger charge is -2.23. The van der Waals surface area contributed by atoms with Gasteiger partial charge in [-0.25, -0.2) is 4.79 Å². The Labute approximate surface area is 157 Å². The first-order chi connectivity index (χ1) is 13.0. The zero-order chi connectivity index (χ0) is 19.0. The molecule has 2 amide bonds. The first kappa shape index (κ1) is 17.8. The Kier molecular flexibility index (Phi) is 4.53. The first-order valence-corrected chi connectivity index (χ1v) is 9.79. The van der Waals surface area contributed by atoms with Crippen molar-refractivity contribution in [1.82, 2.24) is 19.4 Å². The number of amides is 2. The molecule has 0 saturated carbocycles. The van der Waals surface area contributed by atoms with Gasteiger partial charge in [0.15, 0.2) is 0 Å². The topological polar surface area (TPSA) is 78.4 Å². The summed E-state index contributed by atoms with van der Waals surface area (Å²) < 4.78 is 1.61. The van der Waals surface area contributed by atoms with E-state index in [4.69, 9.17) is 0 Å². The average molecular weight is 370 g/mol. The Balaban J connectivity index is 1.41. The third-order valence-electron chi connectivity index (χ3n) is 6.03. The van der Waals surface area contributed by atoms with Crippen LogP contribution in [-0.2, 0) is 16.1 Å². The second kappa shape index (κ2) is 6.87. The van der Waals surface area contributed by atoms with E-state index in [1.165, 1.54) is 0 Å². The zero-order valence-electron chi connectivity index (χ0n) is 15.7. The lowest BCUT2D eigenvalue weighted by molar-refractivity contribution is -0.136. The van der Waals surface area contributed by atoms with Crippen LogP contribution in [-0.4, -0.2) is 57.3 Å². The monoisotopic (exact) mass is 370 g/mol. The highest BCUT2D eigenvalue weighted by Gasteiger charge is 2.51. The van der Waals surface area contributed by atoms with E-state index < -0.39 is 0 Å². The van der Waals surface area contributed by atoms with Gasteiger partial charge in [0.1, 0.15) is 0 Å². The Morgan fingerprint density at radius 1 is 1.15 bits per heavy atom. The van der Waals surface area contributed by atoms with Gasteiger partial charge in [0.05, 0.1) is 16.4 Å². The van der Waals surface area contributed by atoms with E-state index in [1.54, 1.807) is 4.57 Å². The summed E-state index contributed by atoms with van der Waals surface area (Å²) >= 11 is 0. The maximum absolute atomic E-state index is 12.8. The van der Waals surface area contributed by atoms with E-state index in [0.717, 1.165) is 43.4 Å². The molecule has 2 aromatic rings. The highest BCUT2D eigenvalue weighted by Crippen LogP contribution is 2.40. The third-order valence-corrected chi connectivity index (χ3v) is 6.03. The van der Waals surface area contributed by atoms with Crippen LogP contribution in [0.2, 0.25) is 0 Å². The average Bonchev–Trinajstić information content (AvgIpc) is 3.32. The Hall–Kier alpha value is -2.57. The maximum Gasteiger partial charge on any atom is 0.326 e. The smallest absolute Gasteiger partial charge is 0.326 e. The van der Waals surface area contributed by atoms with Crippen molar-refractivity contribution < 1.29 is 9.59 Å². The van der Waals surface area contributed by atoms with Crippen molar-refractivity contribution >= 4 is 22.8 Å². The number of aromatic nitrogens is 2. The number of aromatic amines is 1. The van der Waals surface area contributed by atoms with Crippen LogP contribution in [0.3, 0.4) is 0 Å². The predicted molar refractivity (Wildman–Crippen MR) is 102 cm³/mol. The van der Waals surface area contributed by atoms with Gasteiger partial charge in [-0.15, -0.1) is 0 Å². The third kappa shape index (κ3) is 3.05. The molecule has 2 fully saturated rings. The lowest BCUT2D eigenvalue weighted by Crippen LogP contribution is -2.38. The van der Waals surface area contributed by atoms with Crippen LogP contribution in [0.25, 0.3) is 11.0 Å². The minimum atomic E-state index is -0.373. The number of carbonyl (C=O) groups excluding carboxylic acids is 2. The normalized spacial score (nSPS) is 22.5. The summed E-state index contributed by atoms with van der Waals surface area (Å²) in [4.78, 5) is 44.2. The minimum Gasteiger partial charge on any atom is -0.342 e. The summed E-state index contributed by atoms with van der Waals surface area (Å²) in [6, 6.07) is 7.49. The Bertz CT molecular complexity index is 931. The van der Waals surface area contributed by atoms with Gasteiger partial charge in [-0.2, -0.15) is 0 Å². The molecule has 1 spiro atoms. The number of aryl methyl sites for hydroxylation is 1. The molecule has 1 atom stereocenters. The fourth-order valence-corrected chi connectivity index (χ4v) is 4.53. The predicted octanol–water partition coefficient (Wildman–Crippen LogP) is 1.58. The van der Waals surface area contributed by atoms with Gasteiger partial charge in [-0.05, 0) is 31.4 Å². The van der Waals surface area contributed by atoms with Crippen LogP contribution in [0.15, 0.2) is 29.1 Å². The standard InChI is InChI=1S/C20H26N4O3/c1-2-10-22-12-8-20(18(22)26)9-13-23(14-20)17(25)7-11-24-16-6-4-3-5-15(16)21-19(24)27/h3-6H,2,7-14H2,1H3,(H,21,27). The molecular formula is C20H26N4O3. The minimum absolute atomic E-state index is 0.0193. The second-order valence-corrected chi connectivity index (χ2v) is 7.74. The number of hydrogen-bond donors (Lipinski definition) is 1. The van der Waals surface area contributed by atoms with Gasteiger partial charge < -0.3 is 14.8 Å². The maximum atomic E-state index is 12.8. The zero-order valence-corrected chi connectivity index (χ0v) is 15.7. The quantitative estimate of drug-likeness (QED) is 0.868. The summed E-state index contributed by atoms with van der Waals surface area (Å²) in [5.41, 5.74) is 1.03. The van der Waals surface area contributed by atoms with Crippen LogP contribution in [0.4, 0.5) is 0 Å². The van der Waals surface area contributed by atoms with Crippen molar-refractivity contribution in [3.63, 3.8) is 0 Å². The highest BCUT2D eigenvalue weighted by atomic mass is 16.2.